The number of amides is 2. The first-order valence-corrected chi connectivity index (χ1v) is 5.24. The molecule has 0 fully saturated rings. The molecule has 1 aromatic carbocycles. The van der Waals surface area contributed by atoms with E-state index in [1.54, 1.807) is 6.92 Å². The number of urea groups is 1. The molecule has 0 aromatic heterocycles. The number of carbonyl (C=O) groups is 2. The van der Waals surface area contributed by atoms with Crippen LogP contribution < -0.4 is 10.6 Å². The van der Waals surface area contributed by atoms with Gasteiger partial charge in [0.25, 0.3) is 0 Å². The van der Waals surface area contributed by atoms with Crippen molar-refractivity contribution >= 4 is 17.7 Å². The van der Waals surface area contributed by atoms with Crippen molar-refractivity contribution in [1.82, 2.24) is 5.32 Å². The van der Waals surface area contributed by atoms with Gasteiger partial charge < -0.3 is 15.7 Å². The summed E-state index contributed by atoms with van der Waals surface area (Å²) in [5.74, 6) is -1.51. The zero-order valence-corrected chi connectivity index (χ0v) is 9.84. The summed E-state index contributed by atoms with van der Waals surface area (Å²) in [5, 5.41) is 13.2. The number of carbonyl (C=O) groups excluding carboxylic acids is 1. The quantitative estimate of drug-likeness (QED) is 0.793. The summed E-state index contributed by atoms with van der Waals surface area (Å²) in [4.78, 5) is 22.0. The molecule has 0 atom stereocenters. The van der Waals surface area contributed by atoms with E-state index in [1.165, 1.54) is 0 Å². The number of nitrogens with one attached hydrogen (secondary N) is 2. The molecule has 8 heteroatoms. The molecule has 104 valence electrons. The molecule has 0 radical (unpaired) electrons. The number of benzene rings is 1. The summed E-state index contributed by atoms with van der Waals surface area (Å²) in [5.41, 5.74) is -1.93. The minimum atomic E-state index is -4.69. The molecule has 0 spiro atoms. The Kier molecular flexibility index (Phi) is 4.36. The lowest BCUT2D eigenvalue weighted by Crippen LogP contribution is -2.28. The summed E-state index contributed by atoms with van der Waals surface area (Å²) >= 11 is 0. The number of rotatable bonds is 3. The van der Waals surface area contributed by atoms with Crippen LogP contribution in [0.3, 0.4) is 0 Å². The molecule has 5 nitrogen and oxygen atoms in total. The van der Waals surface area contributed by atoms with E-state index in [-0.39, 0.29) is 12.2 Å². The number of hydrogen-bond donors (Lipinski definition) is 3. The topological polar surface area (TPSA) is 78.4 Å². The molecule has 0 unspecified atom stereocenters. The van der Waals surface area contributed by atoms with Crippen LogP contribution in [0.25, 0.3) is 0 Å². The van der Waals surface area contributed by atoms with Crippen molar-refractivity contribution < 1.29 is 27.9 Å². The van der Waals surface area contributed by atoms with Crippen LogP contribution in [0.2, 0.25) is 0 Å². The van der Waals surface area contributed by atoms with Crippen LogP contribution in [0.15, 0.2) is 18.2 Å². The molecule has 0 saturated heterocycles. The maximum Gasteiger partial charge on any atom is 0.416 e. The van der Waals surface area contributed by atoms with Gasteiger partial charge in [-0.25, -0.2) is 9.59 Å². The summed E-state index contributed by atoms with van der Waals surface area (Å²) in [6, 6.07) is 1.41. The van der Waals surface area contributed by atoms with Crippen LogP contribution >= 0.6 is 0 Å². The fraction of sp³-hybridized carbons (Fsp3) is 0.273. The van der Waals surface area contributed by atoms with E-state index in [1.807, 2.05) is 0 Å². The predicted molar refractivity (Wildman–Crippen MR) is 61.1 cm³/mol. The standard InChI is InChI=1S/C11H11F3N2O3/c1-2-15-10(19)16-8-4-6(9(17)18)3-7(5-8)11(12,13)14/h3-5H,2H2,1H3,(H,17,18)(H2,15,16,19). The van der Waals surface area contributed by atoms with Crippen LogP contribution in [-0.4, -0.2) is 23.7 Å². The largest absolute Gasteiger partial charge is 0.478 e. The summed E-state index contributed by atoms with van der Waals surface area (Å²) in [6.45, 7) is 1.92. The normalized spacial score (nSPS) is 10.9. The first-order chi connectivity index (χ1) is 8.74. The molecule has 1 rings (SSSR count). The van der Waals surface area contributed by atoms with Crippen LogP contribution in [-0.2, 0) is 6.18 Å². The zero-order chi connectivity index (χ0) is 14.6. The van der Waals surface area contributed by atoms with E-state index in [0.717, 1.165) is 6.07 Å². The molecule has 0 aliphatic rings. The molecule has 0 aliphatic carbocycles. The maximum atomic E-state index is 12.6. The molecular weight excluding hydrogens is 265 g/mol. The number of aromatic carboxylic acids is 1. The van der Waals surface area contributed by atoms with E-state index in [4.69, 9.17) is 5.11 Å². The highest BCUT2D eigenvalue weighted by molar-refractivity contribution is 5.93. The van der Waals surface area contributed by atoms with Gasteiger partial charge in [0.05, 0.1) is 11.1 Å². The highest BCUT2D eigenvalue weighted by Gasteiger charge is 2.32. The third kappa shape index (κ3) is 4.16. The van der Waals surface area contributed by atoms with Gasteiger partial charge in [0.1, 0.15) is 0 Å². The first-order valence-electron chi connectivity index (χ1n) is 5.24. The number of carboxylic acids is 1. The van der Waals surface area contributed by atoms with Crippen molar-refractivity contribution in [3.05, 3.63) is 29.3 Å². The molecule has 0 bridgehead atoms. The van der Waals surface area contributed by atoms with Crippen molar-refractivity contribution in [3.63, 3.8) is 0 Å². The summed E-state index contributed by atoms with van der Waals surface area (Å²) in [7, 11) is 0. The number of anilines is 1. The first kappa shape index (κ1) is 14.8. The molecule has 1 aromatic rings. The lowest BCUT2D eigenvalue weighted by molar-refractivity contribution is -0.137. The zero-order valence-electron chi connectivity index (χ0n) is 9.84. The molecule has 2 amide bonds. The van der Waals surface area contributed by atoms with Gasteiger partial charge in [-0.2, -0.15) is 13.2 Å². The highest BCUT2D eigenvalue weighted by atomic mass is 19.4. The molecule has 0 saturated carbocycles. The third-order valence-corrected chi connectivity index (χ3v) is 2.10. The van der Waals surface area contributed by atoms with Crippen LogP contribution in [0.5, 0.6) is 0 Å². The Morgan fingerprint density at radius 2 is 1.89 bits per heavy atom. The van der Waals surface area contributed by atoms with E-state index in [2.05, 4.69) is 10.6 Å². The van der Waals surface area contributed by atoms with Crippen molar-refractivity contribution in [3.8, 4) is 0 Å². The van der Waals surface area contributed by atoms with Crippen LogP contribution in [0, 0.1) is 0 Å². The molecule has 0 heterocycles. The second-order valence-corrected chi connectivity index (χ2v) is 3.59. The number of halogens is 3. The number of alkyl halides is 3. The minimum absolute atomic E-state index is 0.238. The van der Waals surface area contributed by atoms with Crippen molar-refractivity contribution in [2.75, 3.05) is 11.9 Å². The SMILES string of the molecule is CCNC(=O)Nc1cc(C(=O)O)cc(C(F)(F)F)c1. The van der Waals surface area contributed by atoms with Gasteiger partial charge >= 0.3 is 18.2 Å². The van der Waals surface area contributed by atoms with E-state index in [9.17, 15) is 22.8 Å². The van der Waals surface area contributed by atoms with Crippen LogP contribution in [0.1, 0.15) is 22.8 Å². The van der Waals surface area contributed by atoms with E-state index >= 15 is 0 Å². The summed E-state index contributed by atoms with van der Waals surface area (Å²) < 4.78 is 37.7. The fourth-order valence-corrected chi connectivity index (χ4v) is 1.32. The Labute approximate surface area is 106 Å². The smallest absolute Gasteiger partial charge is 0.416 e. The van der Waals surface area contributed by atoms with Crippen molar-refractivity contribution in [1.29, 1.82) is 0 Å². The van der Waals surface area contributed by atoms with Gasteiger partial charge in [-0.1, -0.05) is 0 Å². The predicted octanol–water partition coefficient (Wildman–Crippen LogP) is 2.55. The van der Waals surface area contributed by atoms with E-state index < -0.39 is 29.3 Å². The second kappa shape index (κ2) is 5.59. The number of hydrogen-bond acceptors (Lipinski definition) is 2. The minimum Gasteiger partial charge on any atom is -0.478 e. The molecule has 19 heavy (non-hydrogen) atoms. The Morgan fingerprint density at radius 1 is 1.26 bits per heavy atom. The molecular formula is C11H11F3N2O3. The fourth-order valence-electron chi connectivity index (χ4n) is 1.32. The Bertz CT molecular complexity index is 500. The Morgan fingerprint density at radius 3 is 2.37 bits per heavy atom. The van der Waals surface area contributed by atoms with Gasteiger partial charge in [0.15, 0.2) is 0 Å². The molecule has 0 aliphatic heterocycles. The maximum absolute atomic E-state index is 12.6. The van der Waals surface area contributed by atoms with Gasteiger partial charge in [0.2, 0.25) is 0 Å². The van der Waals surface area contributed by atoms with Crippen LogP contribution in [0.4, 0.5) is 23.7 Å². The summed E-state index contributed by atoms with van der Waals surface area (Å²) in [6.07, 6.45) is -4.69. The lowest BCUT2D eigenvalue weighted by atomic mass is 10.1. The van der Waals surface area contributed by atoms with Crippen molar-refractivity contribution in [2.24, 2.45) is 0 Å². The second-order valence-electron chi connectivity index (χ2n) is 3.59. The van der Waals surface area contributed by atoms with Gasteiger partial charge in [0, 0.05) is 12.2 Å². The van der Waals surface area contributed by atoms with Gasteiger partial charge in [-0.15, -0.1) is 0 Å². The van der Waals surface area contributed by atoms with E-state index in [0.29, 0.717) is 12.1 Å². The lowest BCUT2D eigenvalue weighted by Gasteiger charge is -2.11. The average Bonchev–Trinajstić information content (AvgIpc) is 2.27. The number of carboxylic acid groups (broad SMARTS) is 1. The average molecular weight is 276 g/mol. The molecule has 3 N–H and O–H groups in total. The highest BCUT2D eigenvalue weighted by Crippen LogP contribution is 2.32. The van der Waals surface area contributed by atoms with Crippen molar-refractivity contribution in [2.45, 2.75) is 13.1 Å². The third-order valence-electron chi connectivity index (χ3n) is 2.10. The van der Waals surface area contributed by atoms with Gasteiger partial charge in [-0.05, 0) is 25.1 Å². The Hall–Kier alpha value is -2.25. The monoisotopic (exact) mass is 276 g/mol. The van der Waals surface area contributed by atoms with Gasteiger partial charge in [-0.3, -0.25) is 0 Å². The Balaban J connectivity index is 3.14.